The molecule has 0 fully saturated rings. The number of pyridine rings is 2. The molecule has 0 aliphatic carbocycles. The van der Waals surface area contributed by atoms with E-state index < -0.39 is 12.0 Å². The maximum absolute atomic E-state index is 15.9. The zero-order valence-electron chi connectivity index (χ0n) is 19.3. The number of para-hydroxylation sites is 1. The molecule has 0 saturated carbocycles. The Balaban J connectivity index is 1.44. The van der Waals surface area contributed by atoms with Crippen LogP contribution in [0.4, 0.5) is 10.1 Å². The second-order valence-electron chi connectivity index (χ2n) is 8.46. The van der Waals surface area contributed by atoms with E-state index in [2.05, 4.69) is 30.5 Å². The molecule has 0 aliphatic heterocycles. The summed E-state index contributed by atoms with van der Waals surface area (Å²) in [6.07, 6.45) is 5.39. The number of nitrogens with one attached hydrogen (secondary N) is 3. The van der Waals surface area contributed by atoms with Gasteiger partial charge in [-0.15, -0.1) is 11.3 Å². The Morgan fingerprint density at radius 3 is 2.86 bits per heavy atom. The van der Waals surface area contributed by atoms with E-state index >= 15 is 4.39 Å². The molecule has 0 amide bonds. The fourth-order valence-electron chi connectivity index (χ4n) is 4.31. The van der Waals surface area contributed by atoms with Crippen molar-refractivity contribution >= 4 is 39.0 Å². The number of aromatic nitrogens is 6. The monoisotopic (exact) mass is 499 g/mol. The Morgan fingerprint density at radius 1 is 1.11 bits per heavy atom. The molecule has 0 bridgehead atoms. The van der Waals surface area contributed by atoms with Gasteiger partial charge in [-0.05, 0) is 30.0 Å². The van der Waals surface area contributed by atoms with Gasteiger partial charge in [0.2, 0.25) is 0 Å². The van der Waals surface area contributed by atoms with Crippen molar-refractivity contribution in [2.24, 2.45) is 0 Å². The zero-order chi connectivity index (χ0) is 24.6. The first-order chi connectivity index (χ1) is 17.6. The van der Waals surface area contributed by atoms with Crippen molar-refractivity contribution in [2.45, 2.75) is 26.0 Å². The van der Waals surface area contributed by atoms with Gasteiger partial charge in [0.1, 0.15) is 17.6 Å². The number of aliphatic hydroxyl groups excluding tert-OH is 1. The maximum atomic E-state index is 15.9. The van der Waals surface area contributed by atoms with Gasteiger partial charge < -0.3 is 15.4 Å². The van der Waals surface area contributed by atoms with Gasteiger partial charge in [0.05, 0.1) is 40.0 Å². The number of hydrogen-bond donors (Lipinski definition) is 4. The number of thiophene rings is 1. The Labute approximate surface area is 209 Å². The smallest absolute Gasteiger partial charge is 0.161 e. The highest BCUT2D eigenvalue weighted by molar-refractivity contribution is 7.13. The molecular formula is C26H22FN7OS. The SMILES string of the molecule is CCCC(O)Nc1cncc(-c2ncc3[nH]nc(-c4nc5c(-c6cccs6)cccc5[nH]4)c3c2F)c1. The van der Waals surface area contributed by atoms with Crippen LogP contribution in [0.25, 0.3) is 55.2 Å². The third kappa shape index (κ3) is 3.90. The molecule has 36 heavy (non-hydrogen) atoms. The number of imidazole rings is 1. The standard InChI is InChI=1S/C26H22FN7OS/c1-2-5-20(35)30-15-10-14(11-28-12-15)23-22(27)21-18(13-29-23)33-34-25(21)26-31-17-7-3-6-16(24(17)32-26)19-8-4-9-36-19/h3-4,6-13,20,30,35H,2,5H2,1H3,(H,31,32)(H,33,34). The van der Waals surface area contributed by atoms with E-state index in [1.165, 1.54) is 0 Å². The molecule has 0 saturated heterocycles. The second-order valence-corrected chi connectivity index (χ2v) is 9.40. The molecule has 4 N–H and O–H groups in total. The quantitative estimate of drug-likeness (QED) is 0.201. The minimum Gasteiger partial charge on any atom is -0.374 e. The van der Waals surface area contributed by atoms with Crippen molar-refractivity contribution in [3.63, 3.8) is 0 Å². The molecule has 0 aliphatic rings. The summed E-state index contributed by atoms with van der Waals surface area (Å²) in [7, 11) is 0. The molecule has 1 aromatic carbocycles. The summed E-state index contributed by atoms with van der Waals surface area (Å²) >= 11 is 1.64. The molecule has 5 aromatic heterocycles. The summed E-state index contributed by atoms with van der Waals surface area (Å²) in [4.78, 5) is 17.7. The third-order valence-electron chi connectivity index (χ3n) is 5.98. The largest absolute Gasteiger partial charge is 0.374 e. The fraction of sp³-hybridized carbons (Fsp3) is 0.154. The van der Waals surface area contributed by atoms with E-state index in [0.717, 1.165) is 27.9 Å². The summed E-state index contributed by atoms with van der Waals surface area (Å²) < 4.78 is 15.9. The normalized spacial score (nSPS) is 12.4. The number of fused-ring (bicyclic) bond motifs is 2. The number of nitrogens with zero attached hydrogens (tertiary/aromatic N) is 4. The molecule has 6 rings (SSSR count). The molecule has 1 atom stereocenters. The van der Waals surface area contributed by atoms with Gasteiger partial charge >= 0.3 is 0 Å². The molecular weight excluding hydrogens is 477 g/mol. The van der Waals surface area contributed by atoms with Crippen LogP contribution < -0.4 is 5.32 Å². The van der Waals surface area contributed by atoms with Crippen LogP contribution in [-0.2, 0) is 0 Å². The van der Waals surface area contributed by atoms with E-state index in [1.807, 2.05) is 42.6 Å². The van der Waals surface area contributed by atoms with E-state index in [-0.39, 0.29) is 5.69 Å². The van der Waals surface area contributed by atoms with Crippen molar-refractivity contribution < 1.29 is 9.50 Å². The van der Waals surface area contributed by atoms with Crippen LogP contribution in [0.3, 0.4) is 0 Å². The summed E-state index contributed by atoms with van der Waals surface area (Å²) in [6, 6.07) is 11.7. The highest BCUT2D eigenvalue weighted by Gasteiger charge is 2.21. The van der Waals surface area contributed by atoms with Crippen molar-refractivity contribution in [2.75, 3.05) is 5.32 Å². The molecule has 0 radical (unpaired) electrons. The van der Waals surface area contributed by atoms with Crippen LogP contribution in [0.2, 0.25) is 0 Å². The van der Waals surface area contributed by atoms with Gasteiger partial charge in [0.15, 0.2) is 11.6 Å². The Hall–Kier alpha value is -4.15. The van der Waals surface area contributed by atoms with Crippen LogP contribution >= 0.6 is 11.3 Å². The number of hydrogen-bond acceptors (Lipinski definition) is 7. The molecule has 180 valence electrons. The van der Waals surface area contributed by atoms with E-state index in [0.29, 0.717) is 40.1 Å². The first-order valence-electron chi connectivity index (χ1n) is 11.6. The zero-order valence-corrected chi connectivity index (χ0v) is 20.1. The number of halogens is 1. The van der Waals surface area contributed by atoms with Crippen molar-refractivity contribution in [3.05, 3.63) is 66.2 Å². The Morgan fingerprint density at radius 2 is 2.03 bits per heavy atom. The molecule has 1 unspecified atom stereocenters. The molecule has 6 aromatic rings. The average molecular weight is 500 g/mol. The highest BCUT2D eigenvalue weighted by Crippen LogP contribution is 2.35. The summed E-state index contributed by atoms with van der Waals surface area (Å²) in [5.41, 5.74) is 4.70. The van der Waals surface area contributed by atoms with Gasteiger partial charge in [-0.25, -0.2) is 9.37 Å². The number of anilines is 1. The lowest BCUT2D eigenvalue weighted by Gasteiger charge is -2.13. The number of rotatable bonds is 7. The highest BCUT2D eigenvalue weighted by atomic mass is 32.1. The van der Waals surface area contributed by atoms with E-state index in [9.17, 15) is 5.11 Å². The maximum Gasteiger partial charge on any atom is 0.161 e. The lowest BCUT2D eigenvalue weighted by molar-refractivity contribution is 0.192. The predicted octanol–water partition coefficient (Wildman–Crippen LogP) is 5.96. The second kappa shape index (κ2) is 9.14. The molecule has 0 spiro atoms. The lowest BCUT2D eigenvalue weighted by Crippen LogP contribution is -2.18. The lowest BCUT2D eigenvalue weighted by atomic mass is 10.1. The van der Waals surface area contributed by atoms with Crippen molar-refractivity contribution in [3.8, 4) is 33.2 Å². The van der Waals surface area contributed by atoms with Gasteiger partial charge in [0, 0.05) is 22.2 Å². The van der Waals surface area contributed by atoms with Crippen LogP contribution in [0.1, 0.15) is 19.8 Å². The summed E-state index contributed by atoms with van der Waals surface area (Å²) in [6.45, 7) is 1.99. The number of aromatic amines is 2. The number of H-pyrrole nitrogens is 2. The first kappa shape index (κ1) is 22.3. The minimum atomic E-state index is -0.708. The minimum absolute atomic E-state index is 0.140. The number of aliphatic hydroxyl groups is 1. The van der Waals surface area contributed by atoms with Gasteiger partial charge in [-0.3, -0.25) is 15.1 Å². The predicted molar refractivity (Wildman–Crippen MR) is 140 cm³/mol. The molecule has 10 heteroatoms. The van der Waals surface area contributed by atoms with Crippen LogP contribution in [-0.4, -0.2) is 41.5 Å². The number of benzene rings is 1. The Bertz CT molecular complexity index is 1680. The van der Waals surface area contributed by atoms with Gasteiger partial charge in [-0.1, -0.05) is 31.5 Å². The summed E-state index contributed by atoms with van der Waals surface area (Å²) in [5, 5.41) is 22.6. The van der Waals surface area contributed by atoms with Gasteiger partial charge in [-0.2, -0.15) is 5.10 Å². The van der Waals surface area contributed by atoms with Gasteiger partial charge in [0.25, 0.3) is 0 Å². The third-order valence-corrected chi connectivity index (χ3v) is 6.88. The van der Waals surface area contributed by atoms with Crippen molar-refractivity contribution in [1.29, 1.82) is 0 Å². The van der Waals surface area contributed by atoms with E-state index in [1.54, 1.807) is 36.0 Å². The molecule has 5 heterocycles. The first-order valence-corrected chi connectivity index (χ1v) is 12.5. The van der Waals surface area contributed by atoms with Crippen LogP contribution in [0.15, 0.2) is 60.4 Å². The Kier molecular flexibility index (Phi) is 5.67. The van der Waals surface area contributed by atoms with E-state index in [4.69, 9.17) is 4.98 Å². The summed E-state index contributed by atoms with van der Waals surface area (Å²) in [5.74, 6) is -0.0595. The topological polar surface area (TPSA) is 115 Å². The van der Waals surface area contributed by atoms with Crippen molar-refractivity contribution in [1.82, 2.24) is 30.1 Å². The van der Waals surface area contributed by atoms with Crippen LogP contribution in [0.5, 0.6) is 0 Å². The molecule has 8 nitrogen and oxygen atoms in total. The fourth-order valence-corrected chi connectivity index (χ4v) is 5.06. The average Bonchev–Trinajstić information content (AvgIpc) is 3.63. The van der Waals surface area contributed by atoms with Crippen LogP contribution in [0, 0.1) is 5.82 Å².